The third kappa shape index (κ3) is 18.6. The summed E-state index contributed by atoms with van der Waals surface area (Å²) in [6.45, 7) is 17.7. The van der Waals surface area contributed by atoms with Crippen molar-refractivity contribution in [2.45, 2.75) is 227 Å². The molecule has 0 N–H and O–H groups in total. The first-order chi connectivity index (χ1) is 31.3. The normalized spacial score (nSPS) is 26.7. The molecular weight excluding hydrogens is 825 g/mol. The summed E-state index contributed by atoms with van der Waals surface area (Å²) in [7, 11) is 4.10. The molecule has 0 aromatic carbocycles. The van der Waals surface area contributed by atoms with Gasteiger partial charge in [0.05, 0.1) is 0 Å². The van der Waals surface area contributed by atoms with Crippen molar-refractivity contribution in [3.63, 3.8) is 0 Å². The van der Waals surface area contributed by atoms with Crippen LogP contribution in [0.5, 0.6) is 0 Å². The third-order valence-electron chi connectivity index (χ3n) is 16.9. The van der Waals surface area contributed by atoms with Crippen LogP contribution in [0.4, 0.5) is 4.79 Å². The molecule has 4 aliphatic carbocycles. The fraction of sp³-hybridized carbons (Fsp3) is 0.877. The first-order valence-electron chi connectivity index (χ1n) is 27.5. The number of esters is 2. The van der Waals surface area contributed by atoms with Gasteiger partial charge in [0, 0.05) is 44.6 Å². The lowest BCUT2D eigenvalue weighted by Gasteiger charge is -2.58. The smallest absolute Gasteiger partial charge is 0.306 e. The molecule has 0 aliphatic heterocycles. The van der Waals surface area contributed by atoms with E-state index >= 15 is 0 Å². The Hall–Kier alpha value is -1.80. The van der Waals surface area contributed by atoms with Gasteiger partial charge in [0.25, 0.3) is 5.24 Å². The molecule has 0 aromatic rings. The molecule has 4 aliphatic rings. The molecule has 3 unspecified atom stereocenters. The van der Waals surface area contributed by atoms with Gasteiger partial charge in [0.2, 0.25) is 0 Å². The van der Waals surface area contributed by atoms with Crippen LogP contribution < -0.4 is 0 Å². The molecule has 7 nitrogen and oxygen atoms in total. The Labute approximate surface area is 404 Å². The van der Waals surface area contributed by atoms with Gasteiger partial charge in [-0.3, -0.25) is 14.4 Å². The highest BCUT2D eigenvalue weighted by molar-refractivity contribution is 8.13. The van der Waals surface area contributed by atoms with Gasteiger partial charge in [-0.1, -0.05) is 154 Å². The van der Waals surface area contributed by atoms with Crippen LogP contribution in [0.25, 0.3) is 0 Å². The molecule has 0 saturated heterocycles. The van der Waals surface area contributed by atoms with Crippen molar-refractivity contribution in [3.8, 4) is 0 Å². The number of rotatable bonds is 32. The minimum absolute atomic E-state index is 0.0106. The number of carbonyl (C=O) groups is 3. The number of amides is 1. The van der Waals surface area contributed by atoms with E-state index in [1.54, 1.807) is 5.57 Å². The summed E-state index contributed by atoms with van der Waals surface area (Å²) in [4.78, 5) is 42.6. The van der Waals surface area contributed by atoms with Crippen molar-refractivity contribution in [2.24, 2.45) is 46.3 Å². The number of hydrogen-bond acceptors (Lipinski definition) is 7. The van der Waals surface area contributed by atoms with Gasteiger partial charge in [-0.2, -0.15) is 0 Å². The average Bonchev–Trinajstić information content (AvgIpc) is 3.63. The Balaban J connectivity index is 1.08. The molecular formula is C57H100N2O5S. The summed E-state index contributed by atoms with van der Waals surface area (Å²) in [6.07, 6.45) is 38.1. The van der Waals surface area contributed by atoms with Gasteiger partial charge >= 0.3 is 11.9 Å². The second kappa shape index (κ2) is 29.9. The van der Waals surface area contributed by atoms with E-state index in [9.17, 15) is 14.4 Å². The second-order valence-electron chi connectivity index (χ2n) is 22.6. The molecule has 3 saturated carbocycles. The summed E-state index contributed by atoms with van der Waals surface area (Å²) >= 11 is 1.44. The largest absolute Gasteiger partial charge is 0.462 e. The summed E-state index contributed by atoms with van der Waals surface area (Å²) in [5.74, 6) is 5.76. The predicted octanol–water partition coefficient (Wildman–Crippen LogP) is 15.4. The average molecular weight is 926 g/mol. The quantitative estimate of drug-likeness (QED) is 0.0378. The van der Waals surface area contributed by atoms with E-state index in [2.05, 4.69) is 63.5 Å². The molecule has 0 aromatic heterocycles. The van der Waals surface area contributed by atoms with E-state index in [1.807, 2.05) is 20.2 Å². The molecule has 8 atom stereocenters. The van der Waals surface area contributed by atoms with Gasteiger partial charge in [-0.15, -0.1) is 0 Å². The van der Waals surface area contributed by atoms with Gasteiger partial charge in [0.15, 0.2) is 0 Å². The molecule has 8 heteroatoms. The maximum absolute atomic E-state index is 13.2. The van der Waals surface area contributed by atoms with Crippen LogP contribution in [-0.4, -0.2) is 79.2 Å². The first-order valence-corrected chi connectivity index (χ1v) is 28.5. The SMILES string of the molecule is CCCCCC/C=C\COC(=O)CCCCCCCN(CCCCCCCC(=O)O[C@H]1CC[C@@]2(C)C(=CC[C@H]3C4CCC([C@H](C)CCCC(C)C)[C@@]4(C)CCC32)C1)C(=O)SCCN(C)C. The molecule has 0 bridgehead atoms. The van der Waals surface area contributed by atoms with E-state index in [0.29, 0.717) is 24.9 Å². The van der Waals surface area contributed by atoms with Crippen LogP contribution in [0.2, 0.25) is 0 Å². The van der Waals surface area contributed by atoms with Gasteiger partial charge in [-0.25, -0.2) is 0 Å². The van der Waals surface area contributed by atoms with E-state index in [4.69, 9.17) is 9.47 Å². The molecule has 0 radical (unpaired) electrons. The number of hydrogen-bond donors (Lipinski definition) is 0. The third-order valence-corrected chi connectivity index (χ3v) is 17.8. The van der Waals surface area contributed by atoms with Gasteiger partial charge in [0.1, 0.15) is 12.7 Å². The van der Waals surface area contributed by atoms with Crippen LogP contribution in [-0.2, 0) is 19.1 Å². The van der Waals surface area contributed by atoms with Crippen LogP contribution in [0.3, 0.4) is 0 Å². The van der Waals surface area contributed by atoms with E-state index in [0.717, 1.165) is 144 Å². The van der Waals surface area contributed by atoms with Crippen molar-refractivity contribution in [1.82, 2.24) is 9.80 Å². The number of nitrogens with zero attached hydrogens (tertiary/aromatic N) is 2. The molecule has 3 fully saturated rings. The lowest BCUT2D eigenvalue weighted by Crippen LogP contribution is -2.51. The minimum atomic E-state index is -0.102. The molecule has 65 heavy (non-hydrogen) atoms. The molecule has 1 amide bonds. The van der Waals surface area contributed by atoms with Crippen LogP contribution >= 0.6 is 11.8 Å². The summed E-state index contributed by atoms with van der Waals surface area (Å²) in [6, 6.07) is 0. The van der Waals surface area contributed by atoms with Crippen LogP contribution in [0.15, 0.2) is 23.8 Å². The van der Waals surface area contributed by atoms with Crippen molar-refractivity contribution in [3.05, 3.63) is 23.8 Å². The van der Waals surface area contributed by atoms with Crippen molar-refractivity contribution in [2.75, 3.05) is 46.1 Å². The molecule has 0 spiro atoms. The van der Waals surface area contributed by atoms with Crippen molar-refractivity contribution < 1.29 is 23.9 Å². The number of ether oxygens (including phenoxy) is 2. The van der Waals surface area contributed by atoms with Gasteiger partial charge < -0.3 is 19.3 Å². The topological polar surface area (TPSA) is 76.1 Å². The summed E-state index contributed by atoms with van der Waals surface area (Å²) in [5, 5.41) is 0.195. The zero-order valence-corrected chi connectivity index (χ0v) is 44.3. The number of thioether (sulfide) groups is 1. The number of fused-ring (bicyclic) bond motifs is 5. The molecule has 4 rings (SSSR count). The predicted molar refractivity (Wildman–Crippen MR) is 275 cm³/mol. The number of carbonyl (C=O) groups excluding carboxylic acids is 3. The highest BCUT2D eigenvalue weighted by atomic mass is 32.2. The Bertz CT molecular complexity index is 1450. The highest BCUT2D eigenvalue weighted by Crippen LogP contribution is 2.67. The highest BCUT2D eigenvalue weighted by Gasteiger charge is 2.59. The fourth-order valence-corrected chi connectivity index (χ4v) is 14.0. The second-order valence-corrected chi connectivity index (χ2v) is 23.6. The monoisotopic (exact) mass is 925 g/mol. The van der Waals surface area contributed by atoms with Gasteiger partial charge in [-0.05, 0) is 144 Å². The molecule has 0 heterocycles. The van der Waals surface area contributed by atoms with Crippen molar-refractivity contribution in [1.29, 1.82) is 0 Å². The summed E-state index contributed by atoms with van der Waals surface area (Å²) < 4.78 is 11.6. The maximum Gasteiger partial charge on any atom is 0.306 e. The lowest BCUT2D eigenvalue weighted by atomic mass is 9.47. The maximum atomic E-state index is 13.2. The standard InChI is InChI=1S/C57H100N2O5S/c1-9-10-11-12-13-20-25-42-63-53(60)29-21-16-14-18-23-39-59(55(62)65-43-41-58(7)8)40-24-19-15-17-22-30-54(61)64-48-35-37-56(5)47(44-48)31-32-49-51-34-33-50(46(4)28-26-27-45(2)3)57(51,6)38-36-52(49)56/h20,25,31,45-46,48-52H,9-19,21-24,26-30,32-44H2,1-8H3/b25-20-/t46-,48+,49+,50?,51?,52?,56+,57-/m1/s1. The van der Waals surface area contributed by atoms with E-state index in [1.165, 1.54) is 95.2 Å². The van der Waals surface area contributed by atoms with E-state index in [-0.39, 0.29) is 28.7 Å². The zero-order chi connectivity index (χ0) is 47.1. The summed E-state index contributed by atoms with van der Waals surface area (Å²) in [5.41, 5.74) is 2.40. The lowest BCUT2D eigenvalue weighted by molar-refractivity contribution is -0.151. The van der Waals surface area contributed by atoms with Crippen LogP contribution in [0.1, 0.15) is 221 Å². The number of unbranched alkanes of at least 4 members (excludes halogenated alkanes) is 12. The number of allylic oxidation sites excluding steroid dienone is 2. The Morgan fingerprint density at radius 2 is 1.43 bits per heavy atom. The fourth-order valence-electron chi connectivity index (χ4n) is 13.0. The minimum Gasteiger partial charge on any atom is -0.462 e. The Kier molecular flexibility index (Phi) is 25.7. The first kappa shape index (κ1) is 55.8. The van der Waals surface area contributed by atoms with E-state index < -0.39 is 0 Å². The van der Waals surface area contributed by atoms with Crippen LogP contribution in [0, 0.1) is 46.3 Å². The van der Waals surface area contributed by atoms with Crippen molar-refractivity contribution >= 4 is 28.9 Å². The Morgan fingerprint density at radius 1 is 0.754 bits per heavy atom. The zero-order valence-electron chi connectivity index (χ0n) is 43.5. The Morgan fingerprint density at radius 3 is 2.12 bits per heavy atom. The molecule has 374 valence electrons.